The van der Waals surface area contributed by atoms with Gasteiger partial charge in [-0.15, -0.1) is 0 Å². The lowest BCUT2D eigenvalue weighted by Gasteiger charge is -2.32. The molecule has 0 saturated heterocycles. The summed E-state index contributed by atoms with van der Waals surface area (Å²) in [7, 11) is 1.60. The number of fused-ring (bicyclic) bond motifs is 3. The van der Waals surface area contributed by atoms with Gasteiger partial charge in [0.05, 0.1) is 24.3 Å². The SMILES string of the molecule is COc1ccc(C2(C#N)CCC(=NOCC(=O)O)CC2)c2c1oc1ccccc12. The topological polar surface area (TPSA) is 105 Å². The lowest BCUT2D eigenvalue weighted by atomic mass is 9.69. The van der Waals surface area contributed by atoms with Crippen molar-refractivity contribution < 1.29 is 23.9 Å². The maximum atomic E-state index is 10.6. The molecule has 0 bridgehead atoms. The summed E-state index contributed by atoms with van der Waals surface area (Å²) in [6, 6.07) is 14.1. The Morgan fingerprint density at radius 1 is 1.28 bits per heavy atom. The molecule has 1 aliphatic rings. The third-order valence-corrected chi connectivity index (χ3v) is 5.50. The fraction of sp³-hybridized carbons (Fsp3) is 0.318. The summed E-state index contributed by atoms with van der Waals surface area (Å²) in [4.78, 5) is 15.4. The second-order valence-electron chi connectivity index (χ2n) is 7.14. The molecule has 1 aromatic heterocycles. The monoisotopic (exact) mass is 392 g/mol. The Morgan fingerprint density at radius 3 is 2.72 bits per heavy atom. The van der Waals surface area contributed by atoms with Gasteiger partial charge in [-0.3, -0.25) is 0 Å². The van der Waals surface area contributed by atoms with Crippen molar-refractivity contribution in [3.63, 3.8) is 0 Å². The molecule has 0 unspecified atom stereocenters. The van der Waals surface area contributed by atoms with Crippen molar-refractivity contribution in [2.24, 2.45) is 5.16 Å². The van der Waals surface area contributed by atoms with E-state index in [1.807, 2.05) is 36.4 Å². The van der Waals surface area contributed by atoms with Crippen molar-refractivity contribution in [3.05, 3.63) is 42.0 Å². The van der Waals surface area contributed by atoms with Crippen molar-refractivity contribution in [2.45, 2.75) is 31.1 Å². The maximum Gasteiger partial charge on any atom is 0.344 e. The van der Waals surface area contributed by atoms with Gasteiger partial charge in [-0.2, -0.15) is 5.26 Å². The number of rotatable bonds is 5. The van der Waals surface area contributed by atoms with Crippen molar-refractivity contribution in [1.29, 1.82) is 5.26 Å². The predicted molar refractivity (Wildman–Crippen MR) is 107 cm³/mol. The minimum Gasteiger partial charge on any atom is -0.493 e. The van der Waals surface area contributed by atoms with Crippen LogP contribution in [0.5, 0.6) is 5.75 Å². The van der Waals surface area contributed by atoms with Gasteiger partial charge >= 0.3 is 5.97 Å². The van der Waals surface area contributed by atoms with Gasteiger partial charge in [0.2, 0.25) is 6.61 Å². The summed E-state index contributed by atoms with van der Waals surface area (Å²) in [5.41, 5.74) is 2.40. The van der Waals surface area contributed by atoms with Gasteiger partial charge in [-0.25, -0.2) is 4.79 Å². The molecule has 7 heteroatoms. The second kappa shape index (κ2) is 7.47. The summed E-state index contributed by atoms with van der Waals surface area (Å²) in [5.74, 6) is -0.433. The fourth-order valence-corrected chi connectivity index (χ4v) is 4.04. The first-order valence-corrected chi connectivity index (χ1v) is 9.37. The predicted octanol–water partition coefficient (Wildman–Crippen LogP) is 4.39. The number of ether oxygens (including phenoxy) is 1. The minimum absolute atomic E-state index is 0.465. The van der Waals surface area contributed by atoms with Gasteiger partial charge in [0.15, 0.2) is 11.3 Å². The Bertz CT molecular complexity index is 1150. The first kappa shape index (κ1) is 18.8. The lowest BCUT2D eigenvalue weighted by Crippen LogP contribution is -2.31. The Hall–Kier alpha value is -3.53. The third kappa shape index (κ3) is 3.27. The molecule has 2 aromatic carbocycles. The molecule has 7 nitrogen and oxygen atoms in total. The normalized spacial score (nSPS) is 19.1. The molecular weight excluding hydrogens is 372 g/mol. The van der Waals surface area contributed by atoms with E-state index in [-0.39, 0.29) is 0 Å². The molecular formula is C22H20N2O5. The largest absolute Gasteiger partial charge is 0.493 e. The third-order valence-electron chi connectivity index (χ3n) is 5.50. The molecule has 29 heavy (non-hydrogen) atoms. The number of carbonyl (C=O) groups is 1. The number of hydrogen-bond acceptors (Lipinski definition) is 6. The van der Waals surface area contributed by atoms with Crippen molar-refractivity contribution >= 4 is 33.6 Å². The number of carboxylic acid groups (broad SMARTS) is 1. The molecule has 0 atom stereocenters. The van der Waals surface area contributed by atoms with E-state index >= 15 is 0 Å². The van der Waals surface area contributed by atoms with Crippen LogP contribution in [0.1, 0.15) is 31.2 Å². The Balaban J connectivity index is 1.76. The molecule has 148 valence electrons. The van der Waals surface area contributed by atoms with E-state index in [0.29, 0.717) is 37.0 Å². The van der Waals surface area contributed by atoms with Gasteiger partial charge in [-0.1, -0.05) is 29.4 Å². The van der Waals surface area contributed by atoms with E-state index in [4.69, 9.17) is 19.1 Å². The average molecular weight is 392 g/mol. The number of nitriles is 1. The molecule has 1 aliphatic carbocycles. The van der Waals surface area contributed by atoms with Gasteiger partial charge in [0.1, 0.15) is 5.58 Å². The second-order valence-corrected chi connectivity index (χ2v) is 7.14. The highest BCUT2D eigenvalue weighted by atomic mass is 16.6. The van der Waals surface area contributed by atoms with Gasteiger partial charge in [0, 0.05) is 10.8 Å². The first-order valence-electron chi connectivity index (χ1n) is 9.37. The molecule has 1 saturated carbocycles. The number of hydrogen-bond donors (Lipinski definition) is 1. The standard InChI is InChI=1S/C22H20N2O5/c1-27-18-7-6-16(20-15-4-2-3-5-17(15)29-21(18)20)22(13-23)10-8-14(9-11-22)24-28-12-19(25)26/h2-7H,8-12H2,1H3,(H,25,26). The van der Waals surface area contributed by atoms with E-state index in [0.717, 1.165) is 27.6 Å². The molecule has 1 heterocycles. The summed E-state index contributed by atoms with van der Waals surface area (Å²) < 4.78 is 11.5. The zero-order valence-electron chi connectivity index (χ0n) is 16.0. The van der Waals surface area contributed by atoms with Crippen molar-refractivity contribution in [2.75, 3.05) is 13.7 Å². The highest BCUT2D eigenvalue weighted by Crippen LogP contribution is 2.46. The molecule has 1 N–H and O–H groups in total. The van der Waals surface area contributed by atoms with Crippen LogP contribution in [0, 0.1) is 11.3 Å². The summed E-state index contributed by atoms with van der Waals surface area (Å²) in [6.45, 7) is -0.465. The van der Waals surface area contributed by atoms with Crippen LogP contribution in [0.15, 0.2) is 46.0 Å². The summed E-state index contributed by atoms with van der Waals surface area (Å²) in [6.07, 6.45) is 2.27. The van der Waals surface area contributed by atoms with Crippen molar-refractivity contribution in [3.8, 4) is 11.8 Å². The van der Waals surface area contributed by atoms with Gasteiger partial charge < -0.3 is 19.1 Å². The molecule has 0 radical (unpaired) electrons. The quantitative estimate of drug-likeness (QED) is 0.646. The zero-order valence-corrected chi connectivity index (χ0v) is 16.0. The van der Waals surface area contributed by atoms with Crippen LogP contribution in [0.25, 0.3) is 21.9 Å². The Kier molecular flexibility index (Phi) is 4.85. The van der Waals surface area contributed by atoms with Gasteiger partial charge in [-0.05, 0) is 43.4 Å². The molecule has 3 aromatic rings. The lowest BCUT2D eigenvalue weighted by molar-refractivity contribution is -0.142. The molecule has 0 amide bonds. The van der Waals surface area contributed by atoms with Crippen LogP contribution in [0.2, 0.25) is 0 Å². The molecule has 0 aliphatic heterocycles. The fourth-order valence-electron chi connectivity index (χ4n) is 4.04. The highest BCUT2D eigenvalue weighted by Gasteiger charge is 2.38. The minimum atomic E-state index is -1.07. The van der Waals surface area contributed by atoms with E-state index < -0.39 is 18.0 Å². The van der Waals surface area contributed by atoms with Gasteiger partial charge in [0.25, 0.3) is 0 Å². The Labute approximate surface area is 167 Å². The number of benzene rings is 2. The smallest absolute Gasteiger partial charge is 0.344 e. The van der Waals surface area contributed by atoms with E-state index in [1.165, 1.54) is 0 Å². The van der Waals surface area contributed by atoms with Crippen LogP contribution in [0.3, 0.4) is 0 Å². The summed E-state index contributed by atoms with van der Waals surface area (Å²) in [5, 5.41) is 24.6. The van der Waals surface area contributed by atoms with Crippen LogP contribution in [-0.2, 0) is 15.0 Å². The molecule has 0 spiro atoms. The number of methoxy groups -OCH3 is 1. The van der Waals surface area contributed by atoms with Crippen LogP contribution in [-0.4, -0.2) is 30.5 Å². The Morgan fingerprint density at radius 2 is 2.03 bits per heavy atom. The zero-order chi connectivity index (χ0) is 20.4. The molecule has 4 rings (SSSR count). The van der Waals surface area contributed by atoms with Crippen LogP contribution >= 0.6 is 0 Å². The van der Waals surface area contributed by atoms with E-state index in [9.17, 15) is 10.1 Å². The molecule has 1 fully saturated rings. The first-order chi connectivity index (χ1) is 14.1. The number of para-hydroxylation sites is 1. The number of aliphatic carboxylic acids is 1. The van der Waals surface area contributed by atoms with E-state index in [1.54, 1.807) is 7.11 Å². The average Bonchev–Trinajstić information content (AvgIpc) is 3.13. The maximum absolute atomic E-state index is 10.6. The number of nitrogens with zero attached hydrogens (tertiary/aromatic N) is 2. The van der Waals surface area contributed by atoms with E-state index in [2.05, 4.69) is 11.2 Å². The highest BCUT2D eigenvalue weighted by molar-refractivity contribution is 6.09. The van der Waals surface area contributed by atoms with Crippen LogP contribution in [0.4, 0.5) is 0 Å². The number of oxime groups is 1. The number of carboxylic acids is 1. The van der Waals surface area contributed by atoms with Crippen molar-refractivity contribution in [1.82, 2.24) is 0 Å². The summed E-state index contributed by atoms with van der Waals surface area (Å²) >= 11 is 0. The van der Waals surface area contributed by atoms with Crippen LogP contribution < -0.4 is 4.74 Å². The number of furan rings is 1.